The Morgan fingerprint density at radius 3 is 3.15 bits per heavy atom. The number of aryl methyl sites for hydroxylation is 1. The number of ether oxygens (including phenoxy) is 1. The molecule has 3 rings (SSSR count). The second-order valence-electron chi connectivity index (χ2n) is 5.14. The SMILES string of the molecule is Cn1ccc2c(NC(=O)NCC3CCCO3)cccc21. The standard InChI is InChI=1S/C15H19N3O2/c1-18-8-7-12-13(5-2-6-14(12)18)17-15(19)16-10-11-4-3-9-20-11/h2,5-8,11H,3-4,9-10H2,1H3,(H2,16,17,19). The molecule has 0 aliphatic carbocycles. The molecule has 20 heavy (non-hydrogen) atoms. The minimum absolute atomic E-state index is 0.160. The summed E-state index contributed by atoms with van der Waals surface area (Å²) in [5, 5.41) is 6.81. The highest BCUT2D eigenvalue weighted by Crippen LogP contribution is 2.23. The first-order chi connectivity index (χ1) is 9.74. The van der Waals surface area contributed by atoms with Crippen LogP contribution in [0.15, 0.2) is 30.5 Å². The molecule has 1 aromatic carbocycles. The van der Waals surface area contributed by atoms with Gasteiger partial charge < -0.3 is 19.9 Å². The van der Waals surface area contributed by atoms with Gasteiger partial charge in [0.25, 0.3) is 0 Å². The number of nitrogens with one attached hydrogen (secondary N) is 2. The lowest BCUT2D eigenvalue weighted by Crippen LogP contribution is -2.35. The van der Waals surface area contributed by atoms with E-state index in [1.54, 1.807) is 0 Å². The zero-order chi connectivity index (χ0) is 13.9. The number of anilines is 1. The lowest BCUT2D eigenvalue weighted by molar-refractivity contribution is 0.112. The number of rotatable bonds is 3. The highest BCUT2D eigenvalue weighted by atomic mass is 16.5. The molecule has 0 radical (unpaired) electrons. The van der Waals surface area contributed by atoms with E-state index >= 15 is 0 Å². The predicted octanol–water partition coefficient (Wildman–Crippen LogP) is 2.48. The monoisotopic (exact) mass is 273 g/mol. The van der Waals surface area contributed by atoms with Crippen LogP contribution in [0.2, 0.25) is 0 Å². The molecule has 1 aliphatic rings. The summed E-state index contributed by atoms with van der Waals surface area (Å²) in [6, 6.07) is 7.71. The highest BCUT2D eigenvalue weighted by Gasteiger charge is 2.16. The Hall–Kier alpha value is -2.01. The molecule has 1 aliphatic heterocycles. The van der Waals surface area contributed by atoms with Crippen molar-refractivity contribution in [3.8, 4) is 0 Å². The fourth-order valence-electron chi connectivity index (χ4n) is 2.59. The van der Waals surface area contributed by atoms with E-state index in [-0.39, 0.29) is 12.1 Å². The Bertz CT molecular complexity index is 615. The van der Waals surface area contributed by atoms with Crippen molar-refractivity contribution in [2.45, 2.75) is 18.9 Å². The van der Waals surface area contributed by atoms with Gasteiger partial charge in [-0.05, 0) is 31.0 Å². The zero-order valence-corrected chi connectivity index (χ0v) is 11.6. The van der Waals surface area contributed by atoms with Crippen molar-refractivity contribution in [3.63, 3.8) is 0 Å². The quantitative estimate of drug-likeness (QED) is 0.902. The second-order valence-corrected chi connectivity index (χ2v) is 5.14. The molecule has 2 N–H and O–H groups in total. The Morgan fingerprint density at radius 1 is 1.45 bits per heavy atom. The van der Waals surface area contributed by atoms with Gasteiger partial charge in [-0.25, -0.2) is 4.79 Å². The molecule has 5 heteroatoms. The summed E-state index contributed by atoms with van der Waals surface area (Å²) in [7, 11) is 1.99. The van der Waals surface area contributed by atoms with Crippen molar-refractivity contribution in [1.82, 2.24) is 9.88 Å². The molecule has 0 spiro atoms. The third-order valence-electron chi connectivity index (χ3n) is 3.69. The van der Waals surface area contributed by atoms with Gasteiger partial charge >= 0.3 is 6.03 Å². The number of amides is 2. The van der Waals surface area contributed by atoms with Crippen molar-refractivity contribution in [2.24, 2.45) is 7.05 Å². The number of benzene rings is 1. The maximum atomic E-state index is 11.9. The number of carbonyl (C=O) groups excluding carboxylic acids is 1. The lowest BCUT2D eigenvalue weighted by Gasteiger charge is -2.12. The van der Waals surface area contributed by atoms with E-state index in [4.69, 9.17) is 4.74 Å². The van der Waals surface area contributed by atoms with Gasteiger partial charge in [-0.15, -0.1) is 0 Å². The number of aromatic nitrogens is 1. The van der Waals surface area contributed by atoms with Crippen LogP contribution in [0.25, 0.3) is 10.9 Å². The number of nitrogens with zero attached hydrogens (tertiary/aromatic N) is 1. The summed E-state index contributed by atoms with van der Waals surface area (Å²) in [5.74, 6) is 0. The molecule has 2 heterocycles. The van der Waals surface area contributed by atoms with Crippen molar-refractivity contribution >= 4 is 22.6 Å². The number of hydrogen-bond donors (Lipinski definition) is 2. The van der Waals surface area contributed by atoms with Gasteiger partial charge in [0.15, 0.2) is 0 Å². The Balaban J connectivity index is 1.64. The van der Waals surface area contributed by atoms with Crippen molar-refractivity contribution in [2.75, 3.05) is 18.5 Å². The van der Waals surface area contributed by atoms with Gasteiger partial charge in [-0.3, -0.25) is 0 Å². The first-order valence-corrected chi connectivity index (χ1v) is 6.94. The molecule has 106 valence electrons. The number of hydrogen-bond acceptors (Lipinski definition) is 2. The smallest absolute Gasteiger partial charge is 0.319 e. The maximum absolute atomic E-state index is 11.9. The molecular formula is C15H19N3O2. The van der Waals surface area contributed by atoms with Crippen molar-refractivity contribution in [3.05, 3.63) is 30.5 Å². The summed E-state index contributed by atoms with van der Waals surface area (Å²) in [5.41, 5.74) is 1.93. The first kappa shape index (κ1) is 13.0. The Labute approximate surface area is 117 Å². The minimum Gasteiger partial charge on any atom is -0.376 e. The predicted molar refractivity (Wildman–Crippen MR) is 78.9 cm³/mol. The largest absolute Gasteiger partial charge is 0.376 e. The Morgan fingerprint density at radius 2 is 2.35 bits per heavy atom. The fourth-order valence-corrected chi connectivity index (χ4v) is 2.59. The van der Waals surface area contributed by atoms with Crippen LogP contribution < -0.4 is 10.6 Å². The number of carbonyl (C=O) groups is 1. The van der Waals surface area contributed by atoms with E-state index in [1.165, 1.54) is 0 Å². The molecular weight excluding hydrogens is 254 g/mol. The molecule has 1 fully saturated rings. The van der Waals surface area contributed by atoms with Crippen molar-refractivity contribution in [1.29, 1.82) is 0 Å². The van der Waals surface area contributed by atoms with Gasteiger partial charge in [0.2, 0.25) is 0 Å². The van der Waals surface area contributed by atoms with Crippen LogP contribution in [0.3, 0.4) is 0 Å². The van der Waals surface area contributed by atoms with Gasteiger partial charge in [0, 0.05) is 37.3 Å². The average molecular weight is 273 g/mol. The summed E-state index contributed by atoms with van der Waals surface area (Å²) >= 11 is 0. The van der Waals surface area contributed by atoms with Crippen LogP contribution in [0.5, 0.6) is 0 Å². The number of fused-ring (bicyclic) bond motifs is 1. The molecule has 1 atom stereocenters. The maximum Gasteiger partial charge on any atom is 0.319 e. The fraction of sp³-hybridized carbons (Fsp3) is 0.400. The number of urea groups is 1. The van der Waals surface area contributed by atoms with Gasteiger partial charge in [0.05, 0.1) is 11.8 Å². The summed E-state index contributed by atoms with van der Waals surface area (Å²) in [6.45, 7) is 1.37. The highest BCUT2D eigenvalue weighted by molar-refractivity contribution is 6.00. The summed E-state index contributed by atoms with van der Waals surface area (Å²) in [4.78, 5) is 11.9. The Kier molecular flexibility index (Phi) is 3.60. The van der Waals surface area contributed by atoms with Crippen LogP contribution >= 0.6 is 0 Å². The van der Waals surface area contributed by atoms with E-state index in [0.29, 0.717) is 6.54 Å². The van der Waals surface area contributed by atoms with Crippen LogP contribution in [-0.4, -0.2) is 29.9 Å². The first-order valence-electron chi connectivity index (χ1n) is 6.94. The van der Waals surface area contributed by atoms with Crippen LogP contribution in [-0.2, 0) is 11.8 Å². The molecule has 0 bridgehead atoms. The molecule has 2 aromatic rings. The van der Waals surface area contributed by atoms with Gasteiger partial charge in [-0.2, -0.15) is 0 Å². The van der Waals surface area contributed by atoms with Crippen LogP contribution in [0, 0.1) is 0 Å². The third-order valence-corrected chi connectivity index (χ3v) is 3.69. The van der Waals surface area contributed by atoms with E-state index < -0.39 is 0 Å². The molecule has 0 saturated carbocycles. The van der Waals surface area contributed by atoms with E-state index in [0.717, 1.165) is 36.0 Å². The topological polar surface area (TPSA) is 55.3 Å². The zero-order valence-electron chi connectivity index (χ0n) is 11.6. The molecule has 1 aromatic heterocycles. The molecule has 1 saturated heterocycles. The molecule has 5 nitrogen and oxygen atoms in total. The third kappa shape index (κ3) is 2.63. The van der Waals surface area contributed by atoms with Crippen LogP contribution in [0.1, 0.15) is 12.8 Å². The minimum atomic E-state index is -0.183. The summed E-state index contributed by atoms with van der Waals surface area (Å²) in [6.07, 6.45) is 4.25. The van der Waals surface area contributed by atoms with E-state index in [9.17, 15) is 4.79 Å². The van der Waals surface area contributed by atoms with E-state index in [1.807, 2.05) is 42.1 Å². The van der Waals surface area contributed by atoms with Crippen LogP contribution in [0.4, 0.5) is 10.5 Å². The summed E-state index contributed by atoms with van der Waals surface area (Å²) < 4.78 is 7.51. The average Bonchev–Trinajstić information content (AvgIpc) is 3.08. The molecule has 1 unspecified atom stereocenters. The molecule has 2 amide bonds. The van der Waals surface area contributed by atoms with E-state index in [2.05, 4.69) is 10.6 Å². The van der Waals surface area contributed by atoms with Gasteiger partial charge in [0.1, 0.15) is 0 Å². The van der Waals surface area contributed by atoms with Crippen molar-refractivity contribution < 1.29 is 9.53 Å². The van der Waals surface area contributed by atoms with Gasteiger partial charge in [-0.1, -0.05) is 6.07 Å². The second kappa shape index (κ2) is 5.54. The normalized spacial score (nSPS) is 18.4. The lowest BCUT2D eigenvalue weighted by atomic mass is 10.2.